The Labute approximate surface area is 159 Å². The van der Waals surface area contributed by atoms with E-state index in [0.717, 1.165) is 5.56 Å². The molecule has 1 N–H and O–H groups in total. The zero-order chi connectivity index (χ0) is 19.3. The van der Waals surface area contributed by atoms with E-state index in [9.17, 15) is 8.42 Å². The molecule has 0 atom stereocenters. The summed E-state index contributed by atoms with van der Waals surface area (Å²) in [7, 11) is -3.71. The maximum Gasteiger partial charge on any atom is 0.241 e. The van der Waals surface area contributed by atoms with Crippen LogP contribution in [0.5, 0.6) is 23.0 Å². The molecule has 1 aliphatic heterocycles. The van der Waals surface area contributed by atoms with Crippen LogP contribution in [0, 0.1) is 0 Å². The largest absolute Gasteiger partial charge is 0.490 e. The third kappa shape index (κ3) is 4.64. The second kappa shape index (κ2) is 8.49. The topological polar surface area (TPSA) is 83.1 Å². The summed E-state index contributed by atoms with van der Waals surface area (Å²) in [5.41, 5.74) is 0.777. The van der Waals surface area contributed by atoms with Crippen molar-refractivity contribution in [3.8, 4) is 23.0 Å². The Hall–Kier alpha value is -2.45. The summed E-state index contributed by atoms with van der Waals surface area (Å²) < 4.78 is 49.9. The fraction of sp³-hybridized carbons (Fsp3) is 0.368. The second-order valence-electron chi connectivity index (χ2n) is 5.78. The molecule has 1 aliphatic rings. The first-order chi connectivity index (χ1) is 13.0. The third-order valence-electron chi connectivity index (χ3n) is 3.90. The lowest BCUT2D eigenvalue weighted by molar-refractivity contribution is 0.171. The molecule has 3 rings (SSSR count). The molecule has 0 aliphatic carbocycles. The average Bonchev–Trinajstić information content (AvgIpc) is 2.68. The number of fused-ring (bicyclic) bond motifs is 1. The number of ether oxygens (including phenoxy) is 4. The van der Waals surface area contributed by atoms with E-state index < -0.39 is 10.0 Å². The number of hydrogen-bond acceptors (Lipinski definition) is 6. The van der Waals surface area contributed by atoms with Gasteiger partial charge in [0.2, 0.25) is 10.0 Å². The van der Waals surface area contributed by atoms with Crippen molar-refractivity contribution < 1.29 is 27.4 Å². The SMILES string of the molecule is CCOc1ccc(S(=O)(=O)NCc2ccc3c(c2)OCCO3)cc1OCC. The summed E-state index contributed by atoms with van der Waals surface area (Å²) in [6.45, 7) is 5.69. The molecule has 0 unspecified atom stereocenters. The molecule has 146 valence electrons. The van der Waals surface area contributed by atoms with Gasteiger partial charge in [-0.25, -0.2) is 13.1 Å². The maximum absolute atomic E-state index is 12.7. The molecule has 0 aromatic heterocycles. The van der Waals surface area contributed by atoms with Gasteiger partial charge in [0.25, 0.3) is 0 Å². The van der Waals surface area contributed by atoms with Crippen LogP contribution < -0.4 is 23.7 Å². The molecule has 27 heavy (non-hydrogen) atoms. The number of benzene rings is 2. The summed E-state index contributed by atoms with van der Waals surface area (Å²) in [5, 5.41) is 0. The van der Waals surface area contributed by atoms with E-state index in [1.54, 1.807) is 24.3 Å². The summed E-state index contributed by atoms with van der Waals surface area (Å²) in [6, 6.07) is 9.94. The molecule has 1 heterocycles. The Bertz CT molecular complexity index is 897. The highest BCUT2D eigenvalue weighted by atomic mass is 32.2. The minimum atomic E-state index is -3.71. The summed E-state index contributed by atoms with van der Waals surface area (Å²) in [5.74, 6) is 2.21. The van der Waals surface area contributed by atoms with Crippen LogP contribution in [0.1, 0.15) is 19.4 Å². The lowest BCUT2D eigenvalue weighted by Gasteiger charge is -2.19. The Morgan fingerprint density at radius 3 is 2.37 bits per heavy atom. The molecule has 8 heteroatoms. The first-order valence-corrected chi connectivity index (χ1v) is 10.3. The van der Waals surface area contributed by atoms with Gasteiger partial charge in [-0.05, 0) is 43.7 Å². The van der Waals surface area contributed by atoms with Gasteiger partial charge in [-0.1, -0.05) is 6.07 Å². The molecule has 0 saturated heterocycles. The van der Waals surface area contributed by atoms with E-state index in [4.69, 9.17) is 18.9 Å². The minimum Gasteiger partial charge on any atom is -0.490 e. The van der Waals surface area contributed by atoms with Gasteiger partial charge in [0.1, 0.15) is 13.2 Å². The molecule has 2 aromatic rings. The first kappa shape index (κ1) is 19.3. The zero-order valence-corrected chi connectivity index (χ0v) is 16.2. The van der Waals surface area contributed by atoms with Gasteiger partial charge in [-0.3, -0.25) is 0 Å². The number of sulfonamides is 1. The van der Waals surface area contributed by atoms with E-state index in [1.165, 1.54) is 12.1 Å². The number of hydrogen-bond donors (Lipinski definition) is 1. The highest BCUT2D eigenvalue weighted by Gasteiger charge is 2.18. The van der Waals surface area contributed by atoms with Crippen LogP contribution in [0.3, 0.4) is 0 Å². The highest BCUT2D eigenvalue weighted by molar-refractivity contribution is 7.89. The van der Waals surface area contributed by atoms with Gasteiger partial charge < -0.3 is 18.9 Å². The van der Waals surface area contributed by atoms with Gasteiger partial charge in [0.05, 0.1) is 18.1 Å². The van der Waals surface area contributed by atoms with E-state index >= 15 is 0 Å². The van der Waals surface area contributed by atoms with Crippen LogP contribution in [0.4, 0.5) is 0 Å². The number of nitrogens with one attached hydrogen (secondary N) is 1. The van der Waals surface area contributed by atoms with Crippen LogP contribution in [-0.2, 0) is 16.6 Å². The van der Waals surface area contributed by atoms with Crippen molar-refractivity contribution in [1.82, 2.24) is 4.72 Å². The van der Waals surface area contributed by atoms with Crippen molar-refractivity contribution in [1.29, 1.82) is 0 Å². The summed E-state index contributed by atoms with van der Waals surface area (Å²) in [4.78, 5) is 0.118. The minimum absolute atomic E-state index is 0.118. The van der Waals surface area contributed by atoms with Crippen molar-refractivity contribution >= 4 is 10.0 Å². The predicted molar refractivity (Wildman–Crippen MR) is 100 cm³/mol. The molecule has 0 spiro atoms. The Morgan fingerprint density at radius 2 is 1.63 bits per heavy atom. The molecule has 7 nitrogen and oxygen atoms in total. The molecule has 0 radical (unpaired) electrons. The molecular weight excluding hydrogens is 370 g/mol. The number of rotatable bonds is 8. The van der Waals surface area contributed by atoms with Crippen LogP contribution in [-0.4, -0.2) is 34.8 Å². The fourth-order valence-corrected chi connectivity index (χ4v) is 3.69. The van der Waals surface area contributed by atoms with Gasteiger partial charge in [-0.15, -0.1) is 0 Å². The van der Waals surface area contributed by atoms with Gasteiger partial charge in [0.15, 0.2) is 23.0 Å². The fourth-order valence-electron chi connectivity index (χ4n) is 2.66. The van der Waals surface area contributed by atoms with Crippen molar-refractivity contribution in [2.45, 2.75) is 25.3 Å². The van der Waals surface area contributed by atoms with E-state index in [1.807, 2.05) is 13.8 Å². The van der Waals surface area contributed by atoms with Crippen molar-refractivity contribution in [2.75, 3.05) is 26.4 Å². The quantitative estimate of drug-likeness (QED) is 0.743. The monoisotopic (exact) mass is 393 g/mol. The van der Waals surface area contributed by atoms with Gasteiger partial charge in [0, 0.05) is 12.6 Å². The summed E-state index contributed by atoms with van der Waals surface area (Å²) in [6.07, 6.45) is 0. The Balaban J connectivity index is 1.75. The van der Waals surface area contributed by atoms with E-state index in [2.05, 4.69) is 4.72 Å². The lowest BCUT2D eigenvalue weighted by Crippen LogP contribution is -2.23. The van der Waals surface area contributed by atoms with Crippen molar-refractivity contribution in [3.05, 3.63) is 42.0 Å². The van der Waals surface area contributed by atoms with Gasteiger partial charge in [-0.2, -0.15) is 0 Å². The van der Waals surface area contributed by atoms with E-state index in [-0.39, 0.29) is 11.4 Å². The molecule has 0 saturated carbocycles. The van der Waals surface area contributed by atoms with Gasteiger partial charge >= 0.3 is 0 Å². The normalized spacial score (nSPS) is 13.3. The smallest absolute Gasteiger partial charge is 0.241 e. The molecule has 0 amide bonds. The van der Waals surface area contributed by atoms with Crippen molar-refractivity contribution in [3.63, 3.8) is 0 Å². The Morgan fingerprint density at radius 1 is 0.926 bits per heavy atom. The lowest BCUT2D eigenvalue weighted by atomic mass is 10.2. The second-order valence-corrected chi connectivity index (χ2v) is 7.54. The summed E-state index contributed by atoms with van der Waals surface area (Å²) >= 11 is 0. The van der Waals surface area contributed by atoms with Crippen LogP contribution in [0.15, 0.2) is 41.3 Å². The van der Waals surface area contributed by atoms with E-state index in [0.29, 0.717) is 49.4 Å². The zero-order valence-electron chi connectivity index (χ0n) is 15.4. The van der Waals surface area contributed by atoms with Crippen LogP contribution in [0.25, 0.3) is 0 Å². The van der Waals surface area contributed by atoms with Crippen LogP contribution in [0.2, 0.25) is 0 Å². The average molecular weight is 393 g/mol. The van der Waals surface area contributed by atoms with Crippen molar-refractivity contribution in [2.24, 2.45) is 0 Å². The molecule has 2 aromatic carbocycles. The third-order valence-corrected chi connectivity index (χ3v) is 5.30. The molecule has 0 bridgehead atoms. The maximum atomic E-state index is 12.7. The highest BCUT2D eigenvalue weighted by Crippen LogP contribution is 2.32. The standard InChI is InChI=1S/C19H23NO6S/c1-3-23-16-8-6-15(12-19(16)24-4-2)27(21,22)20-13-14-5-7-17-18(11-14)26-10-9-25-17/h5-8,11-12,20H,3-4,9-10,13H2,1-2H3. The van der Waals surface area contributed by atoms with Crippen LogP contribution >= 0.6 is 0 Å². The molecule has 0 fully saturated rings. The predicted octanol–water partition coefficient (Wildman–Crippen LogP) is 2.73. The first-order valence-electron chi connectivity index (χ1n) is 8.81. The Kier molecular flexibility index (Phi) is 6.08. The molecular formula is C19H23NO6S.